The summed E-state index contributed by atoms with van der Waals surface area (Å²) in [6.45, 7) is 6.55. The summed E-state index contributed by atoms with van der Waals surface area (Å²) in [4.78, 5) is 31.9. The normalized spacial score (nSPS) is 17.4. The molecular formula is C15H22ClN5O4. The number of amides is 1. The van der Waals surface area contributed by atoms with Crippen LogP contribution in [0.4, 0.5) is 16.3 Å². The highest BCUT2D eigenvalue weighted by atomic mass is 35.5. The van der Waals surface area contributed by atoms with Crippen LogP contribution in [0.3, 0.4) is 0 Å². The van der Waals surface area contributed by atoms with Crippen molar-refractivity contribution in [3.63, 3.8) is 0 Å². The van der Waals surface area contributed by atoms with Crippen molar-refractivity contribution in [2.75, 3.05) is 18.4 Å². The van der Waals surface area contributed by atoms with Crippen molar-refractivity contribution in [2.24, 2.45) is 0 Å². The van der Waals surface area contributed by atoms with Crippen molar-refractivity contribution >= 4 is 29.2 Å². The number of anilines is 1. The van der Waals surface area contributed by atoms with Crippen LogP contribution in [0.5, 0.6) is 0 Å². The summed E-state index contributed by atoms with van der Waals surface area (Å²) in [5.41, 5.74) is -0.777. The average Bonchev–Trinajstić information content (AvgIpc) is 2.94. The van der Waals surface area contributed by atoms with Gasteiger partial charge in [0.15, 0.2) is 0 Å². The molecular weight excluding hydrogens is 350 g/mol. The smallest absolute Gasteiger partial charge is 0.410 e. The molecule has 1 amide bonds. The highest BCUT2D eigenvalue weighted by molar-refractivity contribution is 6.28. The second kappa shape index (κ2) is 7.81. The highest BCUT2D eigenvalue weighted by Crippen LogP contribution is 2.25. The maximum Gasteiger partial charge on any atom is 0.410 e. The molecule has 1 unspecified atom stereocenters. The van der Waals surface area contributed by atoms with Gasteiger partial charge in [-0.25, -0.2) is 9.78 Å². The lowest BCUT2D eigenvalue weighted by Gasteiger charge is -2.28. The maximum absolute atomic E-state index is 12.2. The lowest BCUT2D eigenvalue weighted by atomic mass is 10.1. The van der Waals surface area contributed by atoms with E-state index in [0.29, 0.717) is 19.5 Å². The monoisotopic (exact) mass is 371 g/mol. The van der Waals surface area contributed by atoms with Crippen LogP contribution in [-0.2, 0) is 4.74 Å². The molecule has 1 atom stereocenters. The van der Waals surface area contributed by atoms with E-state index in [4.69, 9.17) is 16.3 Å². The number of carbonyl (C=O) groups is 1. The Labute approximate surface area is 150 Å². The minimum absolute atomic E-state index is 0.0266. The third-order valence-corrected chi connectivity index (χ3v) is 3.89. The van der Waals surface area contributed by atoms with E-state index in [2.05, 4.69) is 15.3 Å². The Balaban J connectivity index is 1.94. The van der Waals surface area contributed by atoms with E-state index in [0.717, 1.165) is 19.0 Å². The van der Waals surface area contributed by atoms with E-state index in [9.17, 15) is 14.9 Å². The van der Waals surface area contributed by atoms with Crippen LogP contribution in [0, 0.1) is 10.1 Å². The lowest BCUT2D eigenvalue weighted by Crippen LogP contribution is -2.40. The highest BCUT2D eigenvalue weighted by Gasteiger charge is 2.31. The summed E-state index contributed by atoms with van der Waals surface area (Å²) in [7, 11) is 0. The van der Waals surface area contributed by atoms with Gasteiger partial charge in [-0.05, 0) is 51.6 Å². The molecule has 1 aromatic rings. The first-order chi connectivity index (χ1) is 11.7. The predicted octanol–water partition coefficient (Wildman–Crippen LogP) is 3.24. The number of hydrogen-bond donors (Lipinski definition) is 1. The molecule has 25 heavy (non-hydrogen) atoms. The number of nitrogens with one attached hydrogen (secondary N) is 1. The number of halogens is 1. The second-order valence-corrected chi connectivity index (χ2v) is 7.15. The molecule has 0 aromatic carbocycles. The summed E-state index contributed by atoms with van der Waals surface area (Å²) in [6.07, 6.45) is 3.14. The molecule has 1 aromatic heterocycles. The third-order valence-electron chi connectivity index (χ3n) is 3.71. The molecule has 9 nitrogen and oxygen atoms in total. The van der Waals surface area contributed by atoms with Crippen LogP contribution in [0.1, 0.15) is 40.0 Å². The third kappa shape index (κ3) is 5.42. The topological polar surface area (TPSA) is 110 Å². The van der Waals surface area contributed by atoms with Crippen molar-refractivity contribution in [3.8, 4) is 0 Å². The Bertz CT molecular complexity index is 649. The van der Waals surface area contributed by atoms with Gasteiger partial charge in [-0.1, -0.05) is 0 Å². The summed E-state index contributed by atoms with van der Waals surface area (Å²) in [5.74, 6) is 0.0758. The van der Waals surface area contributed by atoms with Crippen LogP contribution in [-0.4, -0.2) is 50.6 Å². The largest absolute Gasteiger partial charge is 0.444 e. The zero-order chi connectivity index (χ0) is 18.6. The average molecular weight is 372 g/mol. The molecule has 1 fully saturated rings. The van der Waals surface area contributed by atoms with Crippen molar-refractivity contribution in [3.05, 3.63) is 21.6 Å². The number of carbonyl (C=O) groups excluding carboxylic acids is 1. The Kier molecular flexibility index (Phi) is 5.99. The molecule has 2 rings (SSSR count). The van der Waals surface area contributed by atoms with E-state index in [-0.39, 0.29) is 28.9 Å². The maximum atomic E-state index is 12.2. The quantitative estimate of drug-likeness (QED) is 0.480. The van der Waals surface area contributed by atoms with Crippen LogP contribution in [0.25, 0.3) is 0 Å². The standard InChI is InChI=1S/C15H22ClN5O4/c1-15(2,3)25-14(22)20-8-4-5-10(20)6-7-17-12-11(21(23)24)9-18-13(16)19-12/h9-10H,4-8H2,1-3H3,(H,17,18,19). The van der Waals surface area contributed by atoms with E-state index in [1.807, 2.05) is 20.8 Å². The Morgan fingerprint density at radius 3 is 2.92 bits per heavy atom. The van der Waals surface area contributed by atoms with Gasteiger partial charge in [0.2, 0.25) is 11.1 Å². The first-order valence-corrected chi connectivity index (χ1v) is 8.45. The fourth-order valence-electron chi connectivity index (χ4n) is 2.67. The van der Waals surface area contributed by atoms with E-state index >= 15 is 0 Å². The number of nitrogens with zero attached hydrogens (tertiary/aromatic N) is 4. The second-order valence-electron chi connectivity index (χ2n) is 6.82. The van der Waals surface area contributed by atoms with Gasteiger partial charge in [0.25, 0.3) is 0 Å². The van der Waals surface area contributed by atoms with Gasteiger partial charge in [-0.2, -0.15) is 4.98 Å². The van der Waals surface area contributed by atoms with Crippen molar-refractivity contribution in [1.29, 1.82) is 0 Å². The molecule has 0 aliphatic carbocycles. The SMILES string of the molecule is CC(C)(C)OC(=O)N1CCCC1CCNc1nc(Cl)ncc1[N+](=O)[O-]. The van der Waals surface area contributed by atoms with E-state index in [1.165, 1.54) is 0 Å². The van der Waals surface area contributed by atoms with Crippen molar-refractivity contribution in [2.45, 2.75) is 51.7 Å². The van der Waals surface area contributed by atoms with Gasteiger partial charge in [-0.15, -0.1) is 0 Å². The van der Waals surface area contributed by atoms with Gasteiger partial charge in [0.05, 0.1) is 4.92 Å². The van der Waals surface area contributed by atoms with E-state index < -0.39 is 10.5 Å². The number of ether oxygens (including phenoxy) is 1. The fourth-order valence-corrected chi connectivity index (χ4v) is 2.80. The molecule has 1 saturated heterocycles. The summed E-state index contributed by atoms with van der Waals surface area (Å²) < 4.78 is 5.42. The molecule has 10 heteroatoms. The minimum atomic E-state index is -0.568. The van der Waals surface area contributed by atoms with Crippen molar-refractivity contribution in [1.82, 2.24) is 14.9 Å². The Morgan fingerprint density at radius 2 is 2.28 bits per heavy atom. The molecule has 2 heterocycles. The van der Waals surface area contributed by atoms with Crippen molar-refractivity contribution < 1.29 is 14.5 Å². The summed E-state index contributed by atoms with van der Waals surface area (Å²) in [6, 6.07) is 0.0266. The molecule has 138 valence electrons. The first kappa shape index (κ1) is 19.2. The zero-order valence-corrected chi connectivity index (χ0v) is 15.2. The molecule has 0 spiro atoms. The van der Waals surface area contributed by atoms with E-state index in [1.54, 1.807) is 4.90 Å². The van der Waals surface area contributed by atoms with Gasteiger partial charge in [0, 0.05) is 19.1 Å². The van der Waals surface area contributed by atoms with Gasteiger partial charge in [-0.3, -0.25) is 10.1 Å². The van der Waals surface area contributed by atoms with Crippen LogP contribution >= 0.6 is 11.6 Å². The molecule has 0 bridgehead atoms. The van der Waals surface area contributed by atoms with Gasteiger partial charge >= 0.3 is 11.8 Å². The van der Waals surface area contributed by atoms with Crippen LogP contribution in [0.15, 0.2) is 6.20 Å². The Hall–Kier alpha value is -2.16. The summed E-state index contributed by atoms with van der Waals surface area (Å²) in [5, 5.41) is 13.8. The molecule has 1 aliphatic rings. The predicted molar refractivity (Wildman–Crippen MR) is 92.8 cm³/mol. The minimum Gasteiger partial charge on any atom is -0.444 e. The van der Waals surface area contributed by atoms with Crippen LogP contribution < -0.4 is 5.32 Å². The van der Waals surface area contributed by atoms with Gasteiger partial charge in [0.1, 0.15) is 11.8 Å². The number of hydrogen-bond acceptors (Lipinski definition) is 7. The van der Waals surface area contributed by atoms with Crippen LogP contribution in [0.2, 0.25) is 5.28 Å². The Morgan fingerprint density at radius 1 is 1.56 bits per heavy atom. The molecule has 0 radical (unpaired) electrons. The number of aromatic nitrogens is 2. The molecule has 1 N–H and O–H groups in total. The summed E-state index contributed by atoms with van der Waals surface area (Å²) >= 11 is 5.70. The first-order valence-electron chi connectivity index (χ1n) is 8.08. The molecule has 0 saturated carbocycles. The number of likely N-dealkylation sites (tertiary alicyclic amines) is 1. The number of rotatable bonds is 5. The molecule has 1 aliphatic heterocycles. The number of nitro groups is 1. The fraction of sp³-hybridized carbons (Fsp3) is 0.667. The zero-order valence-electron chi connectivity index (χ0n) is 14.5. The van der Waals surface area contributed by atoms with Gasteiger partial charge < -0.3 is 15.0 Å². The lowest BCUT2D eigenvalue weighted by molar-refractivity contribution is -0.384.